The maximum absolute atomic E-state index is 15.0. The molecule has 0 N–H and O–H groups in total. The number of amides is 1. The number of nitrogens with zero attached hydrogens (tertiary/aromatic N) is 5. The number of piperidine rings is 1. The highest BCUT2D eigenvalue weighted by Crippen LogP contribution is 2.49. The van der Waals surface area contributed by atoms with Crippen molar-refractivity contribution in [1.82, 2.24) is 24.8 Å². The second kappa shape index (κ2) is 7.85. The number of hydrogen-bond donors (Lipinski definition) is 0. The van der Waals surface area contributed by atoms with Gasteiger partial charge < -0.3 is 9.42 Å². The molecule has 1 aliphatic heterocycles. The Labute approximate surface area is 188 Å². The number of alkyl halides is 3. The molecule has 33 heavy (non-hydrogen) atoms. The van der Waals surface area contributed by atoms with Crippen LogP contribution >= 0.6 is 0 Å². The molecule has 3 heterocycles. The van der Waals surface area contributed by atoms with Crippen molar-refractivity contribution in [2.45, 2.75) is 57.4 Å². The molecule has 10 heteroatoms. The average Bonchev–Trinajstić information content (AvgIpc) is 3.18. The lowest BCUT2D eigenvalue weighted by atomic mass is 9.92. The van der Waals surface area contributed by atoms with Crippen molar-refractivity contribution in [1.29, 1.82) is 0 Å². The van der Waals surface area contributed by atoms with E-state index in [1.165, 1.54) is 4.90 Å². The molecule has 0 bridgehead atoms. The molecule has 3 aromatic rings. The fraction of sp³-hybridized carbons (Fsp3) is 0.565. The van der Waals surface area contributed by atoms with Crippen LogP contribution in [0.1, 0.15) is 57.4 Å². The molecule has 7 nitrogen and oxygen atoms in total. The van der Waals surface area contributed by atoms with Crippen molar-refractivity contribution in [3.05, 3.63) is 30.3 Å². The fourth-order valence-electron chi connectivity index (χ4n) is 4.41. The van der Waals surface area contributed by atoms with E-state index in [0.717, 1.165) is 18.2 Å². The van der Waals surface area contributed by atoms with Gasteiger partial charge in [0.15, 0.2) is 0 Å². The van der Waals surface area contributed by atoms with Gasteiger partial charge in [0.1, 0.15) is 12.6 Å². The van der Waals surface area contributed by atoms with Crippen LogP contribution in [0.15, 0.2) is 28.9 Å². The fourth-order valence-corrected chi connectivity index (χ4v) is 4.41. The summed E-state index contributed by atoms with van der Waals surface area (Å²) in [4.78, 5) is 18.0. The first-order chi connectivity index (χ1) is 15.7. The standard InChI is InChI=1S/C23H26F3N5O2/c1-14(11-24)31-18-9-15(3-4-16(18)12-27-31)20-28-21(33-29-20)17-5-8-30(13-23(17,25)26)19(32)10-22(2)6-7-22/h3-4,9,12,14,17H,5-8,10-11,13H2,1-2H3. The monoisotopic (exact) mass is 461 g/mol. The Morgan fingerprint density at radius 3 is 2.82 bits per heavy atom. The molecule has 1 saturated heterocycles. The number of hydrogen-bond acceptors (Lipinski definition) is 5. The van der Waals surface area contributed by atoms with Crippen LogP contribution in [0.2, 0.25) is 0 Å². The van der Waals surface area contributed by atoms with Gasteiger partial charge in [0, 0.05) is 23.9 Å². The molecule has 1 amide bonds. The van der Waals surface area contributed by atoms with Gasteiger partial charge in [-0.2, -0.15) is 10.1 Å². The number of benzene rings is 1. The first-order valence-corrected chi connectivity index (χ1v) is 11.2. The molecule has 5 rings (SSSR count). The minimum Gasteiger partial charge on any atom is -0.338 e. The zero-order chi connectivity index (χ0) is 23.4. The lowest BCUT2D eigenvalue weighted by molar-refractivity contribution is -0.146. The summed E-state index contributed by atoms with van der Waals surface area (Å²) in [5.41, 5.74) is 1.24. The minimum absolute atomic E-state index is 0.0247. The van der Waals surface area contributed by atoms with Gasteiger partial charge >= 0.3 is 0 Å². The molecule has 2 aromatic heterocycles. The summed E-state index contributed by atoms with van der Waals surface area (Å²) in [6.07, 6.45) is 3.95. The van der Waals surface area contributed by atoms with Crippen molar-refractivity contribution in [2.24, 2.45) is 5.41 Å². The number of aromatic nitrogens is 4. The third kappa shape index (κ3) is 4.11. The van der Waals surface area contributed by atoms with Crippen molar-refractivity contribution in [3.63, 3.8) is 0 Å². The first-order valence-electron chi connectivity index (χ1n) is 11.2. The second-order valence-corrected chi connectivity index (χ2v) is 9.73. The number of fused-ring (bicyclic) bond motifs is 1. The molecular weight excluding hydrogens is 435 g/mol. The molecule has 2 fully saturated rings. The predicted octanol–water partition coefficient (Wildman–Crippen LogP) is 4.76. The summed E-state index contributed by atoms with van der Waals surface area (Å²) in [6, 6.07) is 4.86. The minimum atomic E-state index is -3.17. The normalized spacial score (nSPS) is 22.5. The van der Waals surface area contributed by atoms with Gasteiger partial charge in [-0.25, -0.2) is 13.2 Å². The van der Waals surface area contributed by atoms with E-state index < -0.39 is 31.1 Å². The Hall–Kier alpha value is -2.91. The maximum atomic E-state index is 15.0. The van der Waals surface area contributed by atoms with Crippen LogP contribution in [0.25, 0.3) is 22.3 Å². The van der Waals surface area contributed by atoms with Crippen LogP contribution in [-0.2, 0) is 4.79 Å². The summed E-state index contributed by atoms with van der Waals surface area (Å²) in [6.45, 7) is 2.76. The van der Waals surface area contributed by atoms with Gasteiger partial charge in [0.05, 0.1) is 24.3 Å². The van der Waals surface area contributed by atoms with Crippen molar-refractivity contribution in [2.75, 3.05) is 19.8 Å². The third-order valence-electron chi connectivity index (χ3n) is 6.87. The van der Waals surface area contributed by atoms with Gasteiger partial charge in [-0.05, 0) is 37.7 Å². The molecular formula is C23H26F3N5O2. The highest BCUT2D eigenvalue weighted by Gasteiger charge is 2.50. The number of carbonyl (C=O) groups is 1. The lowest BCUT2D eigenvalue weighted by Gasteiger charge is -2.37. The second-order valence-electron chi connectivity index (χ2n) is 9.73. The Kier molecular flexibility index (Phi) is 5.21. The zero-order valence-electron chi connectivity index (χ0n) is 18.6. The van der Waals surface area contributed by atoms with Crippen LogP contribution < -0.4 is 0 Å². The van der Waals surface area contributed by atoms with Crippen molar-refractivity contribution in [3.8, 4) is 11.4 Å². The number of rotatable bonds is 6. The van der Waals surface area contributed by atoms with Gasteiger partial charge in [0.25, 0.3) is 5.92 Å². The molecule has 0 spiro atoms. The van der Waals surface area contributed by atoms with Gasteiger partial charge in [-0.15, -0.1) is 0 Å². The van der Waals surface area contributed by atoms with E-state index in [-0.39, 0.29) is 36.0 Å². The van der Waals surface area contributed by atoms with Gasteiger partial charge in [-0.3, -0.25) is 9.48 Å². The Morgan fingerprint density at radius 1 is 1.33 bits per heavy atom. The summed E-state index contributed by atoms with van der Waals surface area (Å²) in [5.74, 6) is -4.58. The van der Waals surface area contributed by atoms with E-state index in [1.54, 1.807) is 36.0 Å². The quantitative estimate of drug-likeness (QED) is 0.529. The molecule has 1 saturated carbocycles. The molecule has 176 valence electrons. The van der Waals surface area contributed by atoms with Gasteiger partial charge in [-0.1, -0.05) is 24.2 Å². The van der Waals surface area contributed by atoms with Crippen LogP contribution in [0.5, 0.6) is 0 Å². The summed E-state index contributed by atoms with van der Waals surface area (Å²) < 4.78 is 50.0. The van der Waals surface area contributed by atoms with E-state index in [9.17, 15) is 9.18 Å². The smallest absolute Gasteiger partial charge is 0.276 e. The largest absolute Gasteiger partial charge is 0.338 e. The van der Waals surface area contributed by atoms with Crippen LogP contribution in [-0.4, -0.2) is 56.4 Å². The van der Waals surface area contributed by atoms with Crippen LogP contribution in [0.3, 0.4) is 0 Å². The Morgan fingerprint density at radius 2 is 2.12 bits per heavy atom. The predicted molar refractivity (Wildman–Crippen MR) is 115 cm³/mol. The number of carbonyl (C=O) groups excluding carboxylic acids is 1. The van der Waals surface area contributed by atoms with Crippen LogP contribution in [0, 0.1) is 5.41 Å². The highest BCUT2D eigenvalue weighted by molar-refractivity contribution is 5.83. The van der Waals surface area contributed by atoms with E-state index in [4.69, 9.17) is 4.52 Å². The van der Waals surface area contributed by atoms with Gasteiger partial charge in [0.2, 0.25) is 17.6 Å². The third-order valence-corrected chi connectivity index (χ3v) is 6.87. The highest BCUT2D eigenvalue weighted by atomic mass is 19.3. The Bertz CT molecular complexity index is 1190. The Balaban J connectivity index is 1.35. The topological polar surface area (TPSA) is 77.0 Å². The SMILES string of the molecule is CC(CF)n1ncc2ccc(-c3noc(C4CCN(C(=O)CC5(C)CC5)CC4(F)F)n3)cc21. The van der Waals surface area contributed by atoms with E-state index >= 15 is 8.78 Å². The molecule has 0 radical (unpaired) electrons. The van der Waals surface area contributed by atoms with Crippen LogP contribution in [0.4, 0.5) is 13.2 Å². The van der Waals surface area contributed by atoms with E-state index in [0.29, 0.717) is 17.5 Å². The van der Waals surface area contributed by atoms with E-state index in [2.05, 4.69) is 15.2 Å². The molecule has 2 atom stereocenters. The maximum Gasteiger partial charge on any atom is 0.276 e. The average molecular weight is 461 g/mol. The number of halogens is 3. The zero-order valence-corrected chi connectivity index (χ0v) is 18.6. The number of likely N-dealkylation sites (tertiary alicyclic amines) is 1. The molecule has 1 aliphatic carbocycles. The first kappa shape index (κ1) is 21.9. The van der Waals surface area contributed by atoms with Crippen molar-refractivity contribution < 1.29 is 22.5 Å². The van der Waals surface area contributed by atoms with Crippen molar-refractivity contribution >= 4 is 16.8 Å². The van der Waals surface area contributed by atoms with E-state index in [1.807, 2.05) is 6.92 Å². The lowest BCUT2D eigenvalue weighted by Crippen LogP contribution is -2.50. The molecule has 2 unspecified atom stereocenters. The summed E-state index contributed by atoms with van der Waals surface area (Å²) >= 11 is 0. The summed E-state index contributed by atoms with van der Waals surface area (Å²) in [7, 11) is 0. The summed E-state index contributed by atoms with van der Waals surface area (Å²) in [5, 5.41) is 8.97. The molecule has 1 aromatic carbocycles. The molecule has 2 aliphatic rings.